The van der Waals surface area contributed by atoms with Crippen LogP contribution < -0.4 is 10.2 Å². The molecule has 4 heterocycles. The lowest BCUT2D eigenvalue weighted by Gasteiger charge is -2.34. The third-order valence-electron chi connectivity index (χ3n) is 6.93. The first-order chi connectivity index (χ1) is 15.7. The molecule has 2 aromatic carbocycles. The lowest BCUT2D eigenvalue weighted by atomic mass is 9.90. The molecule has 164 valence electrons. The molecule has 2 aliphatic heterocycles. The molecule has 6 nitrogen and oxygen atoms in total. The molecule has 6 rings (SSSR count). The van der Waals surface area contributed by atoms with Crippen LogP contribution in [0.1, 0.15) is 17.9 Å². The van der Waals surface area contributed by atoms with Gasteiger partial charge in [0.15, 0.2) is 0 Å². The van der Waals surface area contributed by atoms with E-state index in [4.69, 9.17) is 21.6 Å². The summed E-state index contributed by atoms with van der Waals surface area (Å²) < 4.78 is 0. The first-order valence-electron chi connectivity index (χ1n) is 11.4. The number of aromatic nitrogens is 3. The van der Waals surface area contributed by atoms with E-state index in [1.54, 1.807) is 0 Å². The summed E-state index contributed by atoms with van der Waals surface area (Å²) in [4.78, 5) is 18.2. The SMILES string of the molecule is CN1CCN(c2ccc3[nH]c(-c4cnc5ccc(Cl)cc5c4C4CCNC4)nc3c2)CC1. The number of imidazole rings is 1. The third kappa shape index (κ3) is 3.52. The number of hydrogen-bond donors (Lipinski definition) is 2. The van der Waals surface area contributed by atoms with Crippen molar-refractivity contribution in [2.75, 3.05) is 51.2 Å². The van der Waals surface area contributed by atoms with E-state index in [0.29, 0.717) is 5.92 Å². The summed E-state index contributed by atoms with van der Waals surface area (Å²) in [6.45, 7) is 6.28. The zero-order valence-electron chi connectivity index (χ0n) is 18.2. The minimum atomic E-state index is 0.420. The van der Waals surface area contributed by atoms with E-state index in [0.717, 1.165) is 84.0 Å². The molecule has 2 aliphatic rings. The number of nitrogens with one attached hydrogen (secondary N) is 2. The highest BCUT2D eigenvalue weighted by molar-refractivity contribution is 6.31. The van der Waals surface area contributed by atoms with Gasteiger partial charge in [0.2, 0.25) is 0 Å². The highest BCUT2D eigenvalue weighted by Gasteiger charge is 2.25. The van der Waals surface area contributed by atoms with E-state index in [1.165, 1.54) is 11.3 Å². The Morgan fingerprint density at radius 2 is 1.91 bits per heavy atom. The van der Waals surface area contributed by atoms with Crippen molar-refractivity contribution < 1.29 is 0 Å². The van der Waals surface area contributed by atoms with E-state index < -0.39 is 0 Å². The van der Waals surface area contributed by atoms with Gasteiger partial charge >= 0.3 is 0 Å². The standard InChI is InChI=1S/C25H27ClN6/c1-31-8-10-32(11-9-31)18-3-5-22-23(13-18)30-25(29-22)20-15-28-21-4-2-17(26)12-19(21)24(20)16-6-7-27-14-16/h2-5,12-13,15-16,27H,6-11,14H2,1H3,(H,29,30). The fourth-order valence-electron chi connectivity index (χ4n) is 5.10. The number of likely N-dealkylation sites (N-methyl/N-ethyl adjacent to an activating group) is 1. The van der Waals surface area contributed by atoms with Gasteiger partial charge in [-0.1, -0.05) is 11.6 Å². The van der Waals surface area contributed by atoms with Gasteiger partial charge in [-0.3, -0.25) is 4.98 Å². The second-order valence-electron chi connectivity index (χ2n) is 9.01. The van der Waals surface area contributed by atoms with Gasteiger partial charge < -0.3 is 20.1 Å². The average Bonchev–Trinajstić information content (AvgIpc) is 3.48. The molecule has 7 heteroatoms. The van der Waals surface area contributed by atoms with Gasteiger partial charge in [-0.2, -0.15) is 0 Å². The summed E-state index contributed by atoms with van der Waals surface area (Å²) in [5.74, 6) is 1.30. The van der Waals surface area contributed by atoms with Crippen LogP contribution in [-0.2, 0) is 0 Å². The van der Waals surface area contributed by atoms with Crippen molar-refractivity contribution in [1.82, 2.24) is 25.2 Å². The smallest absolute Gasteiger partial charge is 0.140 e. The number of benzene rings is 2. The van der Waals surface area contributed by atoms with Crippen LogP contribution in [-0.4, -0.2) is 66.2 Å². The number of H-pyrrole nitrogens is 1. The molecule has 2 aromatic heterocycles. The van der Waals surface area contributed by atoms with Crippen molar-refractivity contribution in [3.8, 4) is 11.4 Å². The van der Waals surface area contributed by atoms with Crippen LogP contribution in [0.25, 0.3) is 33.3 Å². The summed E-state index contributed by atoms with van der Waals surface area (Å²) in [7, 11) is 2.18. The first-order valence-corrected chi connectivity index (χ1v) is 11.8. The zero-order chi connectivity index (χ0) is 21.7. The molecule has 0 amide bonds. The Hall–Kier alpha value is -2.67. The normalized spacial score (nSPS) is 19.9. The van der Waals surface area contributed by atoms with Gasteiger partial charge in [-0.25, -0.2) is 4.98 Å². The topological polar surface area (TPSA) is 60.1 Å². The van der Waals surface area contributed by atoms with Crippen LogP contribution in [0.3, 0.4) is 0 Å². The molecule has 4 aromatic rings. The van der Waals surface area contributed by atoms with Gasteiger partial charge in [0.25, 0.3) is 0 Å². The molecule has 32 heavy (non-hydrogen) atoms. The predicted octanol–water partition coefficient (Wildman–Crippen LogP) is 4.26. The molecule has 0 radical (unpaired) electrons. The number of anilines is 1. The van der Waals surface area contributed by atoms with Crippen molar-refractivity contribution in [2.45, 2.75) is 12.3 Å². The fraction of sp³-hybridized carbons (Fsp3) is 0.360. The Labute approximate surface area is 192 Å². The quantitative estimate of drug-likeness (QED) is 0.492. The molecule has 2 fully saturated rings. The summed E-state index contributed by atoms with van der Waals surface area (Å²) in [6, 6.07) is 12.5. The summed E-state index contributed by atoms with van der Waals surface area (Å²) in [5, 5.41) is 5.38. The van der Waals surface area contributed by atoms with Crippen molar-refractivity contribution >= 4 is 39.2 Å². The number of nitrogens with zero attached hydrogens (tertiary/aromatic N) is 4. The van der Waals surface area contributed by atoms with E-state index in [-0.39, 0.29) is 0 Å². The van der Waals surface area contributed by atoms with Crippen LogP contribution in [0.2, 0.25) is 5.02 Å². The number of fused-ring (bicyclic) bond motifs is 2. The lowest BCUT2D eigenvalue weighted by molar-refractivity contribution is 0.313. The van der Waals surface area contributed by atoms with Gasteiger partial charge in [0, 0.05) is 60.6 Å². The number of halogens is 1. The molecule has 1 atom stereocenters. The van der Waals surface area contributed by atoms with Crippen LogP contribution in [0, 0.1) is 0 Å². The van der Waals surface area contributed by atoms with Gasteiger partial charge in [-0.05, 0) is 67.9 Å². The summed E-state index contributed by atoms with van der Waals surface area (Å²) >= 11 is 6.39. The fourth-order valence-corrected chi connectivity index (χ4v) is 5.27. The van der Waals surface area contributed by atoms with Gasteiger partial charge in [-0.15, -0.1) is 0 Å². The maximum atomic E-state index is 6.39. The number of pyridine rings is 1. The average molecular weight is 447 g/mol. The van der Waals surface area contributed by atoms with E-state index in [1.807, 2.05) is 18.3 Å². The van der Waals surface area contributed by atoms with Crippen molar-refractivity contribution in [3.63, 3.8) is 0 Å². The number of rotatable bonds is 3. The van der Waals surface area contributed by atoms with Crippen LogP contribution in [0.4, 0.5) is 5.69 Å². The Morgan fingerprint density at radius 3 is 2.72 bits per heavy atom. The van der Waals surface area contributed by atoms with E-state index in [2.05, 4.69) is 51.4 Å². The Kier molecular flexibility index (Phi) is 5.01. The molecular formula is C25H27ClN6. The Morgan fingerprint density at radius 1 is 1.03 bits per heavy atom. The molecule has 0 spiro atoms. The molecule has 0 saturated carbocycles. The Bertz CT molecular complexity index is 1280. The van der Waals surface area contributed by atoms with Crippen LogP contribution >= 0.6 is 11.6 Å². The second-order valence-corrected chi connectivity index (χ2v) is 9.45. The summed E-state index contributed by atoms with van der Waals surface area (Å²) in [6.07, 6.45) is 3.08. The van der Waals surface area contributed by atoms with Crippen molar-refractivity contribution in [2.24, 2.45) is 0 Å². The van der Waals surface area contributed by atoms with Crippen molar-refractivity contribution in [1.29, 1.82) is 0 Å². The summed E-state index contributed by atoms with van der Waals surface area (Å²) in [5.41, 5.74) is 6.64. The first kappa shape index (κ1) is 20.0. The lowest BCUT2D eigenvalue weighted by Crippen LogP contribution is -2.44. The van der Waals surface area contributed by atoms with Gasteiger partial charge in [0.1, 0.15) is 5.82 Å². The van der Waals surface area contributed by atoms with E-state index in [9.17, 15) is 0 Å². The minimum absolute atomic E-state index is 0.420. The second kappa shape index (κ2) is 8.03. The predicted molar refractivity (Wildman–Crippen MR) is 132 cm³/mol. The molecular weight excluding hydrogens is 420 g/mol. The van der Waals surface area contributed by atoms with Crippen LogP contribution in [0.5, 0.6) is 0 Å². The largest absolute Gasteiger partial charge is 0.369 e. The number of piperazine rings is 1. The molecule has 2 saturated heterocycles. The third-order valence-corrected chi connectivity index (χ3v) is 7.17. The highest BCUT2D eigenvalue weighted by atomic mass is 35.5. The van der Waals surface area contributed by atoms with Crippen molar-refractivity contribution in [3.05, 3.63) is 53.2 Å². The number of aromatic amines is 1. The van der Waals surface area contributed by atoms with Gasteiger partial charge in [0.05, 0.1) is 16.6 Å². The van der Waals surface area contributed by atoms with Crippen LogP contribution in [0.15, 0.2) is 42.6 Å². The molecule has 2 N–H and O–H groups in total. The molecule has 0 bridgehead atoms. The number of hydrogen-bond acceptors (Lipinski definition) is 5. The van der Waals surface area contributed by atoms with E-state index >= 15 is 0 Å². The maximum Gasteiger partial charge on any atom is 0.140 e. The molecule has 0 aliphatic carbocycles. The highest BCUT2D eigenvalue weighted by Crippen LogP contribution is 2.37. The molecule has 1 unspecified atom stereocenters. The maximum absolute atomic E-state index is 6.39. The zero-order valence-corrected chi connectivity index (χ0v) is 19.0. The minimum Gasteiger partial charge on any atom is -0.369 e. The Balaban J connectivity index is 1.45. The monoisotopic (exact) mass is 446 g/mol.